The number of nitrogens with one attached hydrogen (secondary N) is 1. The number of carbonyl (C=O) groups excluding carboxylic acids is 1. The van der Waals surface area contributed by atoms with Crippen molar-refractivity contribution in [1.82, 2.24) is 9.36 Å². The number of aromatic nitrogens is 2. The Kier molecular flexibility index (Phi) is 4.11. The number of nitrogens with two attached hydrogens (primary N) is 1. The third-order valence-electron chi connectivity index (χ3n) is 2.42. The molecule has 1 amide bonds. The van der Waals surface area contributed by atoms with Gasteiger partial charge < -0.3 is 11.1 Å². The van der Waals surface area contributed by atoms with Crippen molar-refractivity contribution in [3.05, 3.63) is 30.3 Å². The molecule has 0 radical (unpaired) electrons. The summed E-state index contributed by atoms with van der Waals surface area (Å²) in [5, 5.41) is 3.42. The maximum Gasteiger partial charge on any atom is 0.240 e. The summed E-state index contributed by atoms with van der Waals surface area (Å²) >= 11 is 1.17. The van der Waals surface area contributed by atoms with Gasteiger partial charge in [0, 0.05) is 23.5 Å². The highest BCUT2D eigenvalue weighted by Crippen LogP contribution is 2.21. The number of primary amides is 1. The van der Waals surface area contributed by atoms with Gasteiger partial charge in [-0.1, -0.05) is 30.3 Å². The number of hydrogen-bond donors (Lipinski definition) is 2. The van der Waals surface area contributed by atoms with E-state index in [-0.39, 0.29) is 6.42 Å². The van der Waals surface area contributed by atoms with Crippen LogP contribution in [-0.4, -0.2) is 21.3 Å². The lowest BCUT2D eigenvalue weighted by Gasteiger charge is -2.10. The molecule has 1 aromatic carbocycles. The van der Waals surface area contributed by atoms with Crippen molar-refractivity contribution < 1.29 is 4.79 Å². The number of amides is 1. The number of terminal acetylenes is 1. The van der Waals surface area contributed by atoms with Crippen LogP contribution in [0.1, 0.15) is 6.42 Å². The molecule has 19 heavy (non-hydrogen) atoms. The van der Waals surface area contributed by atoms with E-state index in [0.29, 0.717) is 11.0 Å². The van der Waals surface area contributed by atoms with Crippen molar-refractivity contribution in [2.24, 2.45) is 5.73 Å². The summed E-state index contributed by atoms with van der Waals surface area (Å²) in [5.74, 6) is 2.50. The Hall–Kier alpha value is -2.39. The molecule has 6 heteroatoms. The summed E-state index contributed by atoms with van der Waals surface area (Å²) in [6, 6.07) is 8.95. The summed E-state index contributed by atoms with van der Waals surface area (Å²) in [7, 11) is 0. The summed E-state index contributed by atoms with van der Waals surface area (Å²) in [5.41, 5.74) is 6.16. The molecule has 1 aromatic heterocycles. The van der Waals surface area contributed by atoms with Crippen LogP contribution in [-0.2, 0) is 4.79 Å². The lowest BCUT2D eigenvalue weighted by molar-refractivity contribution is -0.118. The predicted octanol–water partition coefficient (Wildman–Crippen LogP) is 1.49. The zero-order valence-electron chi connectivity index (χ0n) is 10.0. The highest BCUT2D eigenvalue weighted by Gasteiger charge is 2.16. The van der Waals surface area contributed by atoms with Gasteiger partial charge in [0.1, 0.15) is 6.04 Å². The fraction of sp³-hybridized carbons (Fsp3) is 0.154. The molecule has 0 saturated carbocycles. The van der Waals surface area contributed by atoms with Crippen molar-refractivity contribution in [3.63, 3.8) is 0 Å². The molecule has 0 fully saturated rings. The van der Waals surface area contributed by atoms with Gasteiger partial charge in [0.25, 0.3) is 0 Å². The first-order chi connectivity index (χ1) is 9.20. The molecule has 0 saturated heterocycles. The van der Waals surface area contributed by atoms with E-state index >= 15 is 0 Å². The third-order valence-corrected chi connectivity index (χ3v) is 3.07. The number of anilines is 1. The smallest absolute Gasteiger partial charge is 0.240 e. The van der Waals surface area contributed by atoms with Crippen molar-refractivity contribution >= 4 is 22.6 Å². The maximum absolute atomic E-state index is 11.2. The van der Waals surface area contributed by atoms with Crippen LogP contribution in [0.5, 0.6) is 0 Å². The third kappa shape index (κ3) is 3.30. The lowest BCUT2D eigenvalue weighted by atomic mass is 10.2. The average molecular weight is 272 g/mol. The monoisotopic (exact) mass is 272 g/mol. The minimum atomic E-state index is -0.624. The van der Waals surface area contributed by atoms with E-state index in [4.69, 9.17) is 12.2 Å². The zero-order valence-corrected chi connectivity index (χ0v) is 10.9. The first-order valence-electron chi connectivity index (χ1n) is 5.59. The van der Waals surface area contributed by atoms with Gasteiger partial charge in [-0.25, -0.2) is 0 Å². The second-order valence-corrected chi connectivity index (χ2v) is 4.55. The van der Waals surface area contributed by atoms with E-state index in [0.717, 1.165) is 5.56 Å². The van der Waals surface area contributed by atoms with E-state index < -0.39 is 11.9 Å². The SMILES string of the molecule is C#CC[C@H](Nc1nc(-c2ccccc2)ns1)C(N)=O. The molecule has 2 aromatic rings. The molecular weight excluding hydrogens is 260 g/mol. The molecule has 0 aliphatic heterocycles. The van der Waals surface area contributed by atoms with Crippen LogP contribution in [0.4, 0.5) is 5.13 Å². The molecular formula is C13H12N4OS. The first-order valence-corrected chi connectivity index (χ1v) is 6.36. The van der Waals surface area contributed by atoms with E-state index in [1.54, 1.807) is 0 Å². The molecule has 1 heterocycles. The number of benzene rings is 1. The van der Waals surface area contributed by atoms with Gasteiger partial charge in [0.05, 0.1) is 0 Å². The number of hydrogen-bond acceptors (Lipinski definition) is 5. The number of carbonyl (C=O) groups is 1. The Morgan fingerprint density at radius 1 is 1.47 bits per heavy atom. The van der Waals surface area contributed by atoms with Gasteiger partial charge in [-0.2, -0.15) is 9.36 Å². The van der Waals surface area contributed by atoms with Crippen LogP contribution < -0.4 is 11.1 Å². The lowest BCUT2D eigenvalue weighted by Crippen LogP contribution is -2.35. The number of rotatable bonds is 5. The largest absolute Gasteiger partial charge is 0.368 e. The zero-order chi connectivity index (χ0) is 13.7. The molecule has 5 nitrogen and oxygen atoms in total. The van der Waals surface area contributed by atoms with Crippen LogP contribution in [0.25, 0.3) is 11.4 Å². The predicted molar refractivity (Wildman–Crippen MR) is 75.4 cm³/mol. The van der Waals surface area contributed by atoms with Crippen molar-refractivity contribution in [1.29, 1.82) is 0 Å². The number of nitrogens with zero attached hydrogens (tertiary/aromatic N) is 2. The fourth-order valence-electron chi connectivity index (χ4n) is 1.48. The molecule has 0 unspecified atom stereocenters. The summed E-state index contributed by atoms with van der Waals surface area (Å²) < 4.78 is 4.22. The topological polar surface area (TPSA) is 80.9 Å². The molecule has 0 aliphatic carbocycles. The van der Waals surface area contributed by atoms with Gasteiger partial charge in [-0.3, -0.25) is 4.79 Å². The molecule has 96 valence electrons. The van der Waals surface area contributed by atoms with Crippen molar-refractivity contribution in [2.45, 2.75) is 12.5 Å². The fourth-order valence-corrected chi connectivity index (χ4v) is 2.12. The molecule has 0 spiro atoms. The molecule has 0 bridgehead atoms. The van der Waals surface area contributed by atoms with Crippen LogP contribution in [0.2, 0.25) is 0 Å². The van der Waals surface area contributed by atoms with Crippen LogP contribution >= 0.6 is 11.5 Å². The summed E-state index contributed by atoms with van der Waals surface area (Å²) in [6.45, 7) is 0. The van der Waals surface area contributed by atoms with Gasteiger partial charge in [0.2, 0.25) is 11.0 Å². The Morgan fingerprint density at radius 2 is 2.21 bits per heavy atom. The molecule has 1 atom stereocenters. The minimum Gasteiger partial charge on any atom is -0.368 e. The summed E-state index contributed by atoms with van der Waals surface area (Å²) in [4.78, 5) is 15.5. The molecule has 2 rings (SSSR count). The quantitative estimate of drug-likeness (QED) is 0.808. The van der Waals surface area contributed by atoms with Crippen molar-refractivity contribution in [3.8, 4) is 23.7 Å². The maximum atomic E-state index is 11.2. The first kappa shape index (κ1) is 13.1. The van der Waals surface area contributed by atoms with E-state index in [9.17, 15) is 4.79 Å². The van der Waals surface area contributed by atoms with Gasteiger partial charge in [-0.05, 0) is 0 Å². The normalized spacial score (nSPS) is 11.5. The van der Waals surface area contributed by atoms with Crippen LogP contribution in [0, 0.1) is 12.3 Å². The second kappa shape index (κ2) is 5.98. The second-order valence-electron chi connectivity index (χ2n) is 3.80. The highest BCUT2D eigenvalue weighted by atomic mass is 32.1. The Bertz CT molecular complexity index is 603. The van der Waals surface area contributed by atoms with Crippen molar-refractivity contribution in [2.75, 3.05) is 5.32 Å². The molecule has 0 aliphatic rings. The highest BCUT2D eigenvalue weighted by molar-refractivity contribution is 7.09. The van der Waals surface area contributed by atoms with E-state index in [1.807, 2.05) is 30.3 Å². The van der Waals surface area contributed by atoms with Gasteiger partial charge in [-0.15, -0.1) is 12.3 Å². The van der Waals surface area contributed by atoms with E-state index in [2.05, 4.69) is 20.6 Å². The van der Waals surface area contributed by atoms with Gasteiger partial charge >= 0.3 is 0 Å². The van der Waals surface area contributed by atoms with Crippen LogP contribution in [0.3, 0.4) is 0 Å². The van der Waals surface area contributed by atoms with Crippen LogP contribution in [0.15, 0.2) is 30.3 Å². The Balaban J connectivity index is 2.13. The Morgan fingerprint density at radius 3 is 2.84 bits per heavy atom. The van der Waals surface area contributed by atoms with Gasteiger partial charge in [0.15, 0.2) is 5.82 Å². The molecule has 3 N–H and O–H groups in total. The Labute approximate surface area is 115 Å². The minimum absolute atomic E-state index is 0.218. The average Bonchev–Trinajstić information content (AvgIpc) is 2.88. The summed E-state index contributed by atoms with van der Waals surface area (Å²) in [6.07, 6.45) is 5.40. The standard InChI is InChI=1S/C13H12N4OS/c1-2-6-10(11(14)18)15-13-16-12(17-19-13)9-7-4-3-5-8-9/h1,3-5,7-8,10H,6H2,(H2,14,18)(H,15,16,17)/t10-/m0/s1. The van der Waals surface area contributed by atoms with E-state index in [1.165, 1.54) is 11.5 Å².